The number of esters is 1. The maximum atomic E-state index is 12.1. The molecule has 0 spiro atoms. The van der Waals surface area contributed by atoms with E-state index in [0.29, 0.717) is 24.5 Å². The van der Waals surface area contributed by atoms with Crippen LogP contribution in [0.3, 0.4) is 0 Å². The molecule has 8 heteroatoms. The minimum Gasteiger partial charge on any atom is -0.493 e. The van der Waals surface area contributed by atoms with E-state index >= 15 is 0 Å². The molecule has 0 atom stereocenters. The highest BCUT2D eigenvalue weighted by Crippen LogP contribution is 2.19. The van der Waals surface area contributed by atoms with Crippen LogP contribution in [0.1, 0.15) is 34.8 Å². The lowest BCUT2D eigenvalue weighted by Crippen LogP contribution is -2.28. The summed E-state index contributed by atoms with van der Waals surface area (Å²) >= 11 is 0. The minimum atomic E-state index is -0.353. The van der Waals surface area contributed by atoms with Gasteiger partial charge in [0.2, 0.25) is 0 Å². The van der Waals surface area contributed by atoms with E-state index in [-0.39, 0.29) is 30.8 Å². The van der Waals surface area contributed by atoms with Crippen LogP contribution in [0, 0.1) is 0 Å². The molecule has 178 valence electrons. The maximum absolute atomic E-state index is 12.1. The van der Waals surface area contributed by atoms with E-state index in [9.17, 15) is 4.79 Å². The fraction of sp³-hybridized carbons (Fsp3) is 0.320. The Labute approximate surface area is 208 Å². The summed E-state index contributed by atoms with van der Waals surface area (Å²) in [4.78, 5) is 22.8. The Hall–Kier alpha value is -2.67. The number of carbonyl (C=O) groups excluding carboxylic acids is 1. The second-order valence-electron chi connectivity index (χ2n) is 7.16. The highest BCUT2D eigenvalue weighted by molar-refractivity contribution is 5.92. The van der Waals surface area contributed by atoms with Crippen LogP contribution in [0.4, 0.5) is 0 Å². The number of carbonyl (C=O) groups is 1. The molecule has 33 heavy (non-hydrogen) atoms. The lowest BCUT2D eigenvalue weighted by atomic mass is 10.2. The largest absolute Gasteiger partial charge is 0.493 e. The molecule has 3 aromatic rings. The van der Waals surface area contributed by atoms with Crippen molar-refractivity contribution in [3.05, 3.63) is 90.0 Å². The van der Waals surface area contributed by atoms with Crippen LogP contribution in [0.5, 0.6) is 5.75 Å². The van der Waals surface area contributed by atoms with E-state index in [0.717, 1.165) is 32.5 Å². The van der Waals surface area contributed by atoms with Crippen molar-refractivity contribution in [3.8, 4) is 5.75 Å². The van der Waals surface area contributed by atoms with Crippen LogP contribution in [-0.4, -0.2) is 47.1 Å². The van der Waals surface area contributed by atoms with Crippen molar-refractivity contribution in [3.63, 3.8) is 0 Å². The summed E-state index contributed by atoms with van der Waals surface area (Å²) in [6.45, 7) is 5.31. The number of aromatic nitrogens is 2. The second kappa shape index (κ2) is 16.0. The number of ether oxygens (including phenoxy) is 2. The molecular formula is C25H31Cl2N3O3. The number of para-hydroxylation sites is 1. The van der Waals surface area contributed by atoms with Crippen LogP contribution in [-0.2, 0) is 17.7 Å². The Morgan fingerprint density at radius 1 is 0.909 bits per heavy atom. The average Bonchev–Trinajstić information content (AvgIpc) is 2.82. The molecule has 0 aliphatic rings. The monoisotopic (exact) mass is 491 g/mol. The van der Waals surface area contributed by atoms with Crippen LogP contribution < -0.4 is 4.74 Å². The Morgan fingerprint density at radius 2 is 1.70 bits per heavy atom. The summed E-state index contributed by atoms with van der Waals surface area (Å²) in [5.41, 5.74) is 2.92. The van der Waals surface area contributed by atoms with Crippen molar-refractivity contribution in [1.82, 2.24) is 14.9 Å². The molecule has 2 heterocycles. The Kier molecular flexibility index (Phi) is 13.8. The van der Waals surface area contributed by atoms with E-state index in [2.05, 4.69) is 20.9 Å². The highest BCUT2D eigenvalue weighted by Gasteiger charge is 2.13. The van der Waals surface area contributed by atoms with E-state index in [1.165, 1.54) is 11.1 Å². The highest BCUT2D eigenvalue weighted by atomic mass is 35.5. The summed E-state index contributed by atoms with van der Waals surface area (Å²) < 4.78 is 11.0. The summed E-state index contributed by atoms with van der Waals surface area (Å²) in [5, 5.41) is 0. The first-order valence-electron chi connectivity index (χ1n) is 10.7. The first kappa shape index (κ1) is 28.4. The van der Waals surface area contributed by atoms with Crippen LogP contribution in [0.2, 0.25) is 0 Å². The third kappa shape index (κ3) is 9.78. The number of halogens is 2. The first-order chi connectivity index (χ1) is 15.3. The zero-order valence-corrected chi connectivity index (χ0v) is 20.4. The topological polar surface area (TPSA) is 64.6 Å². The van der Waals surface area contributed by atoms with Crippen molar-refractivity contribution in [2.75, 3.05) is 26.3 Å². The van der Waals surface area contributed by atoms with Gasteiger partial charge in [0.05, 0.1) is 13.2 Å². The Balaban J connectivity index is 0.00000272. The van der Waals surface area contributed by atoms with Gasteiger partial charge in [-0.15, -0.1) is 24.8 Å². The fourth-order valence-corrected chi connectivity index (χ4v) is 3.29. The molecular weight excluding hydrogens is 461 g/mol. The van der Waals surface area contributed by atoms with Gasteiger partial charge in [0.15, 0.2) is 0 Å². The third-order valence-corrected chi connectivity index (χ3v) is 4.85. The average molecular weight is 492 g/mol. The van der Waals surface area contributed by atoms with Crippen molar-refractivity contribution in [2.24, 2.45) is 0 Å². The van der Waals surface area contributed by atoms with Gasteiger partial charge in [-0.2, -0.15) is 0 Å². The van der Waals surface area contributed by atoms with Gasteiger partial charge in [0, 0.05) is 44.4 Å². The van der Waals surface area contributed by atoms with Crippen molar-refractivity contribution < 1.29 is 14.3 Å². The van der Waals surface area contributed by atoms with Crippen molar-refractivity contribution in [1.29, 1.82) is 0 Å². The molecule has 0 unspecified atom stereocenters. The number of benzene rings is 1. The van der Waals surface area contributed by atoms with E-state index in [4.69, 9.17) is 9.47 Å². The van der Waals surface area contributed by atoms with Crippen LogP contribution >= 0.6 is 24.8 Å². The Morgan fingerprint density at radius 3 is 2.42 bits per heavy atom. The third-order valence-electron chi connectivity index (χ3n) is 4.85. The van der Waals surface area contributed by atoms with Crippen LogP contribution in [0.25, 0.3) is 0 Å². The van der Waals surface area contributed by atoms with Gasteiger partial charge in [-0.25, -0.2) is 4.79 Å². The molecule has 0 saturated carbocycles. The molecule has 0 saturated heterocycles. The van der Waals surface area contributed by atoms with Gasteiger partial charge >= 0.3 is 5.97 Å². The van der Waals surface area contributed by atoms with Gasteiger partial charge < -0.3 is 9.47 Å². The number of rotatable bonds is 12. The van der Waals surface area contributed by atoms with Gasteiger partial charge in [0.25, 0.3) is 0 Å². The predicted molar refractivity (Wildman–Crippen MR) is 134 cm³/mol. The minimum absolute atomic E-state index is 0. The molecule has 0 aliphatic heterocycles. The standard InChI is InChI=1S/C25H29N3O3.2ClH/c1-2-30-25(29)23-8-3-4-9-24(23)31-18-6-16-28(20-22-10-14-26-15-11-22)17-12-21-7-5-13-27-19-21;;/h3-5,7-11,13-15,19H,2,6,12,16-18,20H2,1H3;2*1H. The van der Waals surface area contributed by atoms with Crippen LogP contribution in [0.15, 0.2) is 73.3 Å². The molecule has 0 bridgehead atoms. The molecule has 1 aromatic carbocycles. The summed E-state index contributed by atoms with van der Waals surface area (Å²) in [6, 6.07) is 15.4. The molecule has 0 radical (unpaired) electrons. The predicted octanol–water partition coefficient (Wildman–Crippen LogP) is 5.01. The summed E-state index contributed by atoms with van der Waals surface area (Å²) in [5.74, 6) is 0.214. The smallest absolute Gasteiger partial charge is 0.341 e. The molecule has 0 fully saturated rings. The van der Waals surface area contributed by atoms with Gasteiger partial charge in [-0.05, 0) is 61.2 Å². The number of nitrogens with zero attached hydrogens (tertiary/aromatic N) is 3. The van der Waals surface area contributed by atoms with Crippen molar-refractivity contribution in [2.45, 2.75) is 26.3 Å². The number of hydrogen-bond donors (Lipinski definition) is 0. The van der Waals surface area contributed by atoms with E-state index in [1.54, 1.807) is 19.2 Å². The Bertz CT molecular complexity index is 930. The van der Waals surface area contributed by atoms with E-state index in [1.807, 2.05) is 55.0 Å². The molecule has 0 N–H and O–H groups in total. The van der Waals surface area contributed by atoms with Gasteiger partial charge in [-0.1, -0.05) is 18.2 Å². The lowest BCUT2D eigenvalue weighted by molar-refractivity contribution is 0.0521. The zero-order chi connectivity index (χ0) is 21.7. The zero-order valence-electron chi connectivity index (χ0n) is 18.8. The quantitative estimate of drug-likeness (QED) is 0.262. The second-order valence-corrected chi connectivity index (χ2v) is 7.16. The van der Waals surface area contributed by atoms with Gasteiger partial charge in [-0.3, -0.25) is 14.9 Å². The molecule has 2 aromatic heterocycles. The van der Waals surface area contributed by atoms with Crippen molar-refractivity contribution >= 4 is 30.8 Å². The van der Waals surface area contributed by atoms with Gasteiger partial charge in [0.1, 0.15) is 11.3 Å². The number of pyridine rings is 2. The molecule has 3 rings (SSSR count). The lowest BCUT2D eigenvalue weighted by Gasteiger charge is -2.22. The van der Waals surface area contributed by atoms with E-state index < -0.39 is 0 Å². The summed E-state index contributed by atoms with van der Waals surface area (Å²) in [7, 11) is 0. The fourth-order valence-electron chi connectivity index (χ4n) is 3.29. The first-order valence-corrected chi connectivity index (χ1v) is 10.7. The maximum Gasteiger partial charge on any atom is 0.341 e. The molecule has 0 amide bonds. The summed E-state index contributed by atoms with van der Waals surface area (Å²) in [6.07, 6.45) is 9.14. The number of hydrogen-bond acceptors (Lipinski definition) is 6. The normalized spacial score (nSPS) is 10.1. The molecule has 0 aliphatic carbocycles. The molecule has 6 nitrogen and oxygen atoms in total. The SMILES string of the molecule is CCOC(=O)c1ccccc1OCCCN(CCc1cccnc1)Cc1ccncc1.Cl.Cl.